The fourth-order valence-electron chi connectivity index (χ4n) is 2.44. The summed E-state index contributed by atoms with van der Waals surface area (Å²) in [5.74, 6) is 1.13. The molecule has 0 spiro atoms. The zero-order valence-electron chi connectivity index (χ0n) is 12.0. The highest BCUT2D eigenvalue weighted by atomic mass is 32.2. The van der Waals surface area contributed by atoms with Crippen molar-refractivity contribution < 1.29 is 4.79 Å². The first kappa shape index (κ1) is 13.6. The predicted octanol–water partition coefficient (Wildman–Crippen LogP) is 2.37. The Bertz CT molecular complexity index is 570. The zero-order valence-corrected chi connectivity index (χ0v) is 12.9. The van der Waals surface area contributed by atoms with Crippen molar-refractivity contribution in [3.63, 3.8) is 0 Å². The Kier molecular flexibility index (Phi) is 3.56. The van der Waals surface area contributed by atoms with Crippen LogP contribution in [0.5, 0.6) is 0 Å². The number of hydrogen-bond donors (Lipinski definition) is 0. The molecule has 2 atom stereocenters. The maximum absolute atomic E-state index is 12.3. The van der Waals surface area contributed by atoms with Crippen LogP contribution in [0.15, 0.2) is 34.2 Å². The number of likely N-dealkylation sites (tertiary alicyclic amines) is 1. The summed E-state index contributed by atoms with van der Waals surface area (Å²) in [7, 11) is 4.07. The highest BCUT2D eigenvalue weighted by Crippen LogP contribution is 2.42. The highest BCUT2D eigenvalue weighted by molar-refractivity contribution is 8.01. The topological polar surface area (TPSA) is 35.9 Å². The molecule has 4 nitrogen and oxygen atoms in total. The molecule has 1 saturated heterocycles. The van der Waals surface area contributed by atoms with Gasteiger partial charge in [0.15, 0.2) is 0 Å². The molecule has 2 aliphatic rings. The zero-order chi connectivity index (χ0) is 14.3. The number of fused-ring (bicyclic) bond motifs is 2. The van der Waals surface area contributed by atoms with Crippen molar-refractivity contribution in [1.82, 2.24) is 9.80 Å². The fraction of sp³-hybridized carbons (Fsp3) is 0.467. The van der Waals surface area contributed by atoms with Crippen molar-refractivity contribution in [3.8, 4) is 0 Å². The van der Waals surface area contributed by atoms with Gasteiger partial charge in [0.25, 0.3) is 0 Å². The van der Waals surface area contributed by atoms with Crippen molar-refractivity contribution in [2.24, 2.45) is 4.99 Å². The number of benzene rings is 1. The van der Waals surface area contributed by atoms with Gasteiger partial charge in [0.05, 0.1) is 10.9 Å². The Hall–Kier alpha value is -1.33. The summed E-state index contributed by atoms with van der Waals surface area (Å²) in [5, 5.41) is 0.187. The number of aliphatic imine (C=N–C) groups is 1. The van der Waals surface area contributed by atoms with Crippen LogP contribution in [0.25, 0.3) is 0 Å². The number of amidine groups is 1. The lowest BCUT2D eigenvalue weighted by Gasteiger charge is -2.28. The van der Waals surface area contributed by atoms with E-state index in [2.05, 4.69) is 17.9 Å². The van der Waals surface area contributed by atoms with Gasteiger partial charge in [0.1, 0.15) is 5.84 Å². The van der Waals surface area contributed by atoms with E-state index in [1.54, 1.807) is 11.8 Å². The second-order valence-electron chi connectivity index (χ2n) is 5.57. The Balaban J connectivity index is 1.89. The number of para-hydroxylation sites is 1. The SMILES string of the molecule is C[C@H](CN1C(=O)C[C@H]2Sc3ccccc3N=C21)N(C)C. The quantitative estimate of drug-likeness (QED) is 0.857. The van der Waals surface area contributed by atoms with Gasteiger partial charge in [-0.3, -0.25) is 9.69 Å². The van der Waals surface area contributed by atoms with E-state index in [1.165, 1.54) is 4.90 Å². The fourth-order valence-corrected chi connectivity index (χ4v) is 3.65. The number of rotatable bonds is 3. The molecular weight excluding hydrogens is 270 g/mol. The summed E-state index contributed by atoms with van der Waals surface area (Å²) < 4.78 is 0. The molecule has 0 unspecified atom stereocenters. The standard InChI is InChI=1S/C15H19N3OS/c1-10(17(2)3)9-18-14(19)8-13-15(18)16-11-6-4-5-7-12(11)20-13/h4-7,10,13H,8-9H2,1-3H3/t10-,13-/m1/s1. The van der Waals surface area contributed by atoms with E-state index in [4.69, 9.17) is 4.99 Å². The molecule has 20 heavy (non-hydrogen) atoms. The highest BCUT2D eigenvalue weighted by Gasteiger charge is 2.40. The van der Waals surface area contributed by atoms with Crippen LogP contribution in [-0.4, -0.2) is 53.5 Å². The molecule has 0 aromatic heterocycles. The number of carbonyl (C=O) groups is 1. The van der Waals surface area contributed by atoms with Crippen molar-refractivity contribution in [1.29, 1.82) is 0 Å². The van der Waals surface area contributed by atoms with Crippen LogP contribution in [0, 0.1) is 0 Å². The molecule has 0 radical (unpaired) electrons. The molecular formula is C15H19N3OS. The Labute approximate surface area is 123 Å². The first-order valence-corrected chi connectivity index (χ1v) is 7.75. The third-order valence-corrected chi connectivity index (χ3v) is 5.18. The second kappa shape index (κ2) is 5.22. The molecule has 2 aliphatic heterocycles. The van der Waals surface area contributed by atoms with Gasteiger partial charge in [-0.25, -0.2) is 4.99 Å². The molecule has 1 fully saturated rings. The molecule has 1 amide bonds. The molecule has 1 aromatic carbocycles. The van der Waals surface area contributed by atoms with Gasteiger partial charge >= 0.3 is 0 Å². The maximum atomic E-state index is 12.3. The average molecular weight is 289 g/mol. The van der Waals surface area contributed by atoms with Crippen LogP contribution in [0.3, 0.4) is 0 Å². The molecule has 0 N–H and O–H groups in total. The summed E-state index contributed by atoms with van der Waals surface area (Å²) in [6.07, 6.45) is 0.567. The normalized spacial score (nSPS) is 22.6. The summed E-state index contributed by atoms with van der Waals surface area (Å²) >= 11 is 1.76. The maximum Gasteiger partial charge on any atom is 0.229 e. The van der Waals surface area contributed by atoms with Gasteiger partial charge in [-0.15, -0.1) is 11.8 Å². The van der Waals surface area contributed by atoms with Gasteiger partial charge in [-0.05, 0) is 33.2 Å². The van der Waals surface area contributed by atoms with E-state index in [0.29, 0.717) is 19.0 Å². The summed E-state index contributed by atoms with van der Waals surface area (Å²) in [5.41, 5.74) is 0.987. The number of amides is 1. The first-order chi connectivity index (χ1) is 9.56. The summed E-state index contributed by atoms with van der Waals surface area (Å²) in [4.78, 5) is 22.2. The number of nitrogens with zero attached hydrogens (tertiary/aromatic N) is 3. The van der Waals surface area contributed by atoms with Crippen LogP contribution in [0.4, 0.5) is 5.69 Å². The van der Waals surface area contributed by atoms with Gasteiger partial charge in [0, 0.05) is 23.9 Å². The molecule has 5 heteroatoms. The van der Waals surface area contributed by atoms with E-state index in [1.807, 2.05) is 37.2 Å². The number of thioether (sulfide) groups is 1. The lowest BCUT2D eigenvalue weighted by atomic mass is 10.3. The summed E-state index contributed by atoms with van der Waals surface area (Å²) in [6, 6.07) is 8.43. The van der Waals surface area contributed by atoms with Gasteiger partial charge < -0.3 is 4.90 Å². The van der Waals surface area contributed by atoms with Gasteiger partial charge in [-0.1, -0.05) is 12.1 Å². The Morgan fingerprint density at radius 3 is 2.95 bits per heavy atom. The third kappa shape index (κ3) is 2.36. The van der Waals surface area contributed by atoms with E-state index < -0.39 is 0 Å². The van der Waals surface area contributed by atoms with Crippen molar-refractivity contribution in [3.05, 3.63) is 24.3 Å². The second-order valence-corrected chi connectivity index (χ2v) is 6.81. The Morgan fingerprint density at radius 1 is 1.45 bits per heavy atom. The third-order valence-electron chi connectivity index (χ3n) is 3.92. The monoisotopic (exact) mass is 289 g/mol. The van der Waals surface area contributed by atoms with E-state index in [9.17, 15) is 4.79 Å². The van der Waals surface area contributed by atoms with Gasteiger partial charge in [0.2, 0.25) is 5.91 Å². The number of likely N-dealkylation sites (N-methyl/N-ethyl adjacent to an activating group) is 1. The van der Waals surface area contributed by atoms with E-state index in [-0.39, 0.29) is 11.2 Å². The molecule has 3 rings (SSSR count). The molecule has 0 aliphatic carbocycles. The number of carbonyl (C=O) groups excluding carboxylic acids is 1. The molecule has 2 heterocycles. The van der Waals surface area contributed by atoms with Crippen LogP contribution in [-0.2, 0) is 4.79 Å². The van der Waals surface area contributed by atoms with E-state index in [0.717, 1.165) is 11.5 Å². The molecule has 0 saturated carbocycles. The van der Waals surface area contributed by atoms with E-state index >= 15 is 0 Å². The van der Waals surface area contributed by atoms with Crippen LogP contribution in [0.1, 0.15) is 13.3 Å². The minimum Gasteiger partial charge on any atom is -0.305 e. The van der Waals surface area contributed by atoms with Crippen molar-refractivity contribution in [2.75, 3.05) is 20.6 Å². The molecule has 0 bridgehead atoms. The summed E-state index contributed by atoms with van der Waals surface area (Å²) in [6.45, 7) is 2.84. The van der Waals surface area contributed by atoms with Gasteiger partial charge in [-0.2, -0.15) is 0 Å². The Morgan fingerprint density at radius 2 is 2.20 bits per heavy atom. The molecule has 106 valence electrons. The smallest absolute Gasteiger partial charge is 0.229 e. The predicted molar refractivity (Wildman–Crippen MR) is 82.7 cm³/mol. The molecule has 1 aromatic rings. The van der Waals surface area contributed by atoms with Crippen molar-refractivity contribution in [2.45, 2.75) is 29.5 Å². The lowest BCUT2D eigenvalue weighted by Crippen LogP contribution is -2.42. The lowest BCUT2D eigenvalue weighted by molar-refractivity contribution is -0.126. The average Bonchev–Trinajstić information content (AvgIpc) is 2.72. The van der Waals surface area contributed by atoms with Crippen LogP contribution < -0.4 is 0 Å². The number of hydrogen-bond acceptors (Lipinski definition) is 4. The first-order valence-electron chi connectivity index (χ1n) is 6.87. The van der Waals surface area contributed by atoms with Crippen LogP contribution in [0.2, 0.25) is 0 Å². The van der Waals surface area contributed by atoms with Crippen LogP contribution >= 0.6 is 11.8 Å². The minimum atomic E-state index is 0.187. The minimum absolute atomic E-state index is 0.187. The van der Waals surface area contributed by atoms with Crippen molar-refractivity contribution >= 4 is 29.2 Å². The largest absolute Gasteiger partial charge is 0.305 e.